The highest BCUT2D eigenvalue weighted by Crippen LogP contribution is 2.44. The van der Waals surface area contributed by atoms with Crippen LogP contribution in [0.2, 0.25) is 0 Å². The second-order valence-electron chi connectivity index (χ2n) is 8.51. The molecule has 152 valence electrons. The van der Waals surface area contributed by atoms with E-state index in [1.165, 1.54) is 49.0 Å². The zero-order chi connectivity index (χ0) is 19.5. The smallest absolute Gasteiger partial charge is 0.119 e. The van der Waals surface area contributed by atoms with Crippen LogP contribution in [0.4, 0.5) is 0 Å². The van der Waals surface area contributed by atoms with E-state index in [0.717, 1.165) is 38.4 Å². The maximum absolute atomic E-state index is 6.00. The Bertz CT molecular complexity index is 934. The maximum Gasteiger partial charge on any atom is 0.119 e. The standard InChI is InChI=1S/C23H29N5O/c1-4-19(14-21(5-1)29-13-3-11-27-12-9-24-18-27)16-28-10-2-7-23(17-28)8-6-20-15-25-26-22(20)23/h1,4-5,9,12,14-15,18H,2-3,6-8,10-11,13,16-17H2,(H,25,26). The van der Waals surface area contributed by atoms with Gasteiger partial charge in [-0.25, -0.2) is 4.98 Å². The molecule has 0 amide bonds. The number of piperidine rings is 1. The number of hydrogen-bond donors (Lipinski definition) is 1. The Morgan fingerprint density at radius 3 is 3.17 bits per heavy atom. The van der Waals surface area contributed by atoms with Crippen molar-refractivity contribution in [2.45, 2.75) is 50.6 Å². The molecular weight excluding hydrogens is 362 g/mol. The van der Waals surface area contributed by atoms with Gasteiger partial charge in [0.15, 0.2) is 0 Å². The fourth-order valence-electron chi connectivity index (χ4n) is 5.08. The molecule has 1 aliphatic carbocycles. The molecular formula is C23H29N5O. The van der Waals surface area contributed by atoms with Gasteiger partial charge in [-0.3, -0.25) is 10.00 Å². The van der Waals surface area contributed by atoms with Gasteiger partial charge in [-0.05, 0) is 61.9 Å². The van der Waals surface area contributed by atoms with E-state index in [4.69, 9.17) is 4.74 Å². The van der Waals surface area contributed by atoms with Crippen molar-refractivity contribution < 1.29 is 4.74 Å². The molecule has 1 unspecified atom stereocenters. The van der Waals surface area contributed by atoms with Crippen LogP contribution >= 0.6 is 0 Å². The minimum Gasteiger partial charge on any atom is -0.494 e. The Morgan fingerprint density at radius 2 is 2.24 bits per heavy atom. The Balaban J connectivity index is 1.17. The topological polar surface area (TPSA) is 59.0 Å². The number of likely N-dealkylation sites (tertiary alicyclic amines) is 1. The molecule has 0 bridgehead atoms. The van der Waals surface area contributed by atoms with Crippen LogP contribution in [-0.4, -0.2) is 44.3 Å². The predicted octanol–water partition coefficient (Wildman–Crippen LogP) is 3.56. The van der Waals surface area contributed by atoms with Crippen molar-refractivity contribution in [3.63, 3.8) is 0 Å². The highest BCUT2D eigenvalue weighted by atomic mass is 16.5. The highest BCUT2D eigenvalue weighted by Gasteiger charge is 2.43. The molecule has 1 fully saturated rings. The third-order valence-electron chi connectivity index (χ3n) is 6.47. The maximum atomic E-state index is 6.00. The zero-order valence-corrected chi connectivity index (χ0v) is 16.9. The first-order valence-electron chi connectivity index (χ1n) is 10.7. The van der Waals surface area contributed by atoms with Crippen LogP contribution in [0, 0.1) is 0 Å². The second kappa shape index (κ2) is 8.03. The highest BCUT2D eigenvalue weighted by molar-refractivity contribution is 5.33. The summed E-state index contributed by atoms with van der Waals surface area (Å²) in [6, 6.07) is 8.60. The zero-order valence-electron chi connectivity index (χ0n) is 16.9. The molecule has 2 aromatic heterocycles. The van der Waals surface area contributed by atoms with Gasteiger partial charge in [-0.2, -0.15) is 5.10 Å². The number of aromatic nitrogens is 4. The molecule has 1 atom stereocenters. The van der Waals surface area contributed by atoms with Crippen LogP contribution in [0.25, 0.3) is 0 Å². The lowest BCUT2D eigenvalue weighted by Crippen LogP contribution is -2.44. The SMILES string of the molecule is c1cc(CN2CCCC3(CCc4cn[nH]c43)C2)cc(OCCCn2ccnc2)c1. The van der Waals surface area contributed by atoms with Crippen LogP contribution in [-0.2, 0) is 24.9 Å². The van der Waals surface area contributed by atoms with Gasteiger partial charge in [0, 0.05) is 43.1 Å². The van der Waals surface area contributed by atoms with Gasteiger partial charge in [0.1, 0.15) is 5.75 Å². The van der Waals surface area contributed by atoms with E-state index in [-0.39, 0.29) is 5.41 Å². The first-order valence-corrected chi connectivity index (χ1v) is 10.7. The van der Waals surface area contributed by atoms with Gasteiger partial charge in [0.05, 0.1) is 19.1 Å². The number of ether oxygens (including phenoxy) is 1. The number of nitrogens with zero attached hydrogens (tertiary/aromatic N) is 4. The van der Waals surface area contributed by atoms with Gasteiger partial charge in [-0.1, -0.05) is 12.1 Å². The van der Waals surface area contributed by atoms with E-state index in [0.29, 0.717) is 0 Å². The van der Waals surface area contributed by atoms with Crippen LogP contribution in [0.3, 0.4) is 0 Å². The summed E-state index contributed by atoms with van der Waals surface area (Å²) in [6.07, 6.45) is 13.6. The van der Waals surface area contributed by atoms with E-state index >= 15 is 0 Å². The molecule has 1 N–H and O–H groups in total. The number of aryl methyl sites for hydroxylation is 2. The molecule has 29 heavy (non-hydrogen) atoms. The van der Waals surface area contributed by atoms with Crippen LogP contribution in [0.1, 0.15) is 42.5 Å². The summed E-state index contributed by atoms with van der Waals surface area (Å²) in [7, 11) is 0. The molecule has 0 radical (unpaired) electrons. The lowest BCUT2D eigenvalue weighted by atomic mass is 9.77. The summed E-state index contributed by atoms with van der Waals surface area (Å²) in [5.74, 6) is 0.969. The molecule has 1 spiro atoms. The van der Waals surface area contributed by atoms with Crippen LogP contribution in [0.15, 0.2) is 49.2 Å². The van der Waals surface area contributed by atoms with E-state index < -0.39 is 0 Å². The van der Waals surface area contributed by atoms with E-state index in [9.17, 15) is 0 Å². The van der Waals surface area contributed by atoms with Crippen molar-refractivity contribution in [3.8, 4) is 5.75 Å². The number of hydrogen-bond acceptors (Lipinski definition) is 4. The molecule has 2 aliphatic rings. The minimum atomic E-state index is 0.283. The Morgan fingerprint density at radius 1 is 1.24 bits per heavy atom. The van der Waals surface area contributed by atoms with Gasteiger partial charge in [0.25, 0.3) is 0 Å². The molecule has 6 heteroatoms. The molecule has 1 aromatic carbocycles. The van der Waals surface area contributed by atoms with E-state index in [1.807, 2.05) is 24.9 Å². The molecule has 1 saturated heterocycles. The van der Waals surface area contributed by atoms with Gasteiger partial charge >= 0.3 is 0 Å². The van der Waals surface area contributed by atoms with Crippen LogP contribution in [0.5, 0.6) is 5.75 Å². The average Bonchev–Trinajstić information content (AvgIpc) is 3.47. The number of rotatable bonds is 7. The summed E-state index contributed by atoms with van der Waals surface area (Å²) in [5.41, 5.74) is 4.44. The van der Waals surface area contributed by atoms with Crippen molar-refractivity contribution in [1.29, 1.82) is 0 Å². The first kappa shape index (κ1) is 18.4. The summed E-state index contributed by atoms with van der Waals surface area (Å²) >= 11 is 0. The summed E-state index contributed by atoms with van der Waals surface area (Å²) in [6.45, 7) is 4.93. The Labute approximate surface area is 171 Å². The van der Waals surface area contributed by atoms with Crippen molar-refractivity contribution >= 4 is 0 Å². The second-order valence-corrected chi connectivity index (χ2v) is 8.51. The van der Waals surface area contributed by atoms with Crippen molar-refractivity contribution in [2.75, 3.05) is 19.7 Å². The summed E-state index contributed by atoms with van der Waals surface area (Å²) < 4.78 is 8.08. The number of fused-ring (bicyclic) bond motifs is 2. The largest absolute Gasteiger partial charge is 0.494 e. The number of H-pyrrole nitrogens is 1. The predicted molar refractivity (Wildman–Crippen MR) is 112 cm³/mol. The van der Waals surface area contributed by atoms with Crippen molar-refractivity contribution in [1.82, 2.24) is 24.6 Å². The van der Waals surface area contributed by atoms with Gasteiger partial charge < -0.3 is 9.30 Å². The molecule has 1 aliphatic heterocycles. The molecule has 5 rings (SSSR count). The van der Waals surface area contributed by atoms with E-state index in [2.05, 4.69) is 48.9 Å². The number of aromatic amines is 1. The van der Waals surface area contributed by atoms with Gasteiger partial charge in [0.2, 0.25) is 0 Å². The Kier molecular flexibility index (Phi) is 5.10. The average molecular weight is 392 g/mol. The number of imidazole rings is 1. The monoisotopic (exact) mass is 391 g/mol. The third kappa shape index (κ3) is 3.94. The fourth-order valence-corrected chi connectivity index (χ4v) is 5.08. The quantitative estimate of drug-likeness (QED) is 0.626. The number of benzene rings is 1. The molecule has 3 aromatic rings. The lowest BCUT2D eigenvalue weighted by molar-refractivity contribution is 0.136. The van der Waals surface area contributed by atoms with Gasteiger partial charge in [-0.15, -0.1) is 0 Å². The number of nitrogens with one attached hydrogen (secondary N) is 1. The van der Waals surface area contributed by atoms with Crippen molar-refractivity contribution in [3.05, 3.63) is 66.0 Å². The molecule has 3 heterocycles. The molecule has 0 saturated carbocycles. The Hall–Kier alpha value is -2.60. The van der Waals surface area contributed by atoms with Crippen LogP contribution < -0.4 is 4.74 Å². The fraction of sp³-hybridized carbons (Fsp3) is 0.478. The minimum absolute atomic E-state index is 0.283. The molecule has 6 nitrogen and oxygen atoms in total. The third-order valence-corrected chi connectivity index (χ3v) is 6.47. The normalized spacial score (nSPS) is 21.5. The summed E-state index contributed by atoms with van der Waals surface area (Å²) in [5, 5.41) is 7.61. The first-order chi connectivity index (χ1) is 14.3. The van der Waals surface area contributed by atoms with E-state index in [1.54, 1.807) is 0 Å². The lowest BCUT2D eigenvalue weighted by Gasteiger charge is -2.40. The summed E-state index contributed by atoms with van der Waals surface area (Å²) in [4.78, 5) is 6.68. The van der Waals surface area contributed by atoms with Crippen molar-refractivity contribution in [2.24, 2.45) is 0 Å².